The maximum absolute atomic E-state index is 10.3. The molecule has 0 aliphatic heterocycles. The van der Waals surface area contributed by atoms with Crippen molar-refractivity contribution in [2.45, 2.75) is 77.0 Å². The molecular weight excluding hydrogens is 236 g/mol. The molecule has 1 N–H and O–H groups in total. The highest BCUT2D eigenvalue weighted by molar-refractivity contribution is 5.66. The standard InChI is InChI=1S/C17H30O2/c1-2-3-4-5-6-7-8-9-10-11-12-13-14-15-16-17(18)19/h2,5-6H,1,3-4,7-16H2,(H,18,19)/b6-5+. The molecule has 0 aliphatic carbocycles. The van der Waals surface area contributed by atoms with Gasteiger partial charge in [0.05, 0.1) is 0 Å². The van der Waals surface area contributed by atoms with Crippen molar-refractivity contribution in [3.05, 3.63) is 24.8 Å². The minimum absolute atomic E-state index is 0.332. The van der Waals surface area contributed by atoms with Gasteiger partial charge in [-0.15, -0.1) is 6.58 Å². The minimum atomic E-state index is -0.666. The van der Waals surface area contributed by atoms with E-state index in [0.29, 0.717) is 6.42 Å². The number of carboxylic acid groups (broad SMARTS) is 1. The van der Waals surface area contributed by atoms with Gasteiger partial charge in [-0.3, -0.25) is 4.79 Å². The van der Waals surface area contributed by atoms with Gasteiger partial charge in [0.1, 0.15) is 0 Å². The van der Waals surface area contributed by atoms with Crippen molar-refractivity contribution < 1.29 is 9.90 Å². The molecule has 2 nitrogen and oxygen atoms in total. The molecule has 2 heteroatoms. The van der Waals surface area contributed by atoms with Crippen LogP contribution in [-0.4, -0.2) is 11.1 Å². The first-order valence-electron chi connectivity index (χ1n) is 7.75. The van der Waals surface area contributed by atoms with Crippen LogP contribution in [0.4, 0.5) is 0 Å². The van der Waals surface area contributed by atoms with Gasteiger partial charge in [0.15, 0.2) is 0 Å². The van der Waals surface area contributed by atoms with E-state index in [-0.39, 0.29) is 0 Å². The zero-order chi connectivity index (χ0) is 14.2. The van der Waals surface area contributed by atoms with Crippen LogP contribution < -0.4 is 0 Å². The number of allylic oxidation sites excluding steroid dienone is 3. The molecule has 0 fully saturated rings. The average molecular weight is 266 g/mol. The van der Waals surface area contributed by atoms with Gasteiger partial charge in [-0.05, 0) is 32.1 Å². The summed E-state index contributed by atoms with van der Waals surface area (Å²) in [5, 5.41) is 8.49. The van der Waals surface area contributed by atoms with Gasteiger partial charge < -0.3 is 5.11 Å². The van der Waals surface area contributed by atoms with Crippen molar-refractivity contribution in [2.24, 2.45) is 0 Å². The molecule has 0 spiro atoms. The quantitative estimate of drug-likeness (QED) is 0.333. The van der Waals surface area contributed by atoms with Crippen LogP contribution in [-0.2, 0) is 4.79 Å². The normalized spacial score (nSPS) is 10.9. The van der Waals surface area contributed by atoms with Crippen molar-refractivity contribution in [3.63, 3.8) is 0 Å². The Morgan fingerprint density at radius 3 is 1.89 bits per heavy atom. The second kappa shape index (κ2) is 15.0. The first kappa shape index (κ1) is 17.9. The summed E-state index contributed by atoms with van der Waals surface area (Å²) in [7, 11) is 0. The number of carbonyl (C=O) groups is 1. The van der Waals surface area contributed by atoms with Gasteiger partial charge in [0, 0.05) is 6.42 Å². The molecule has 0 unspecified atom stereocenters. The third-order valence-electron chi connectivity index (χ3n) is 3.22. The number of carboxylic acids is 1. The highest BCUT2D eigenvalue weighted by Gasteiger charge is 1.96. The number of hydrogen-bond donors (Lipinski definition) is 1. The van der Waals surface area contributed by atoms with Gasteiger partial charge in [0.2, 0.25) is 0 Å². The molecule has 0 aromatic heterocycles. The SMILES string of the molecule is C=CCC/C=C/CCCCCCCCCCC(=O)O. The van der Waals surface area contributed by atoms with Gasteiger partial charge in [-0.1, -0.05) is 56.8 Å². The van der Waals surface area contributed by atoms with Crippen molar-refractivity contribution >= 4 is 5.97 Å². The van der Waals surface area contributed by atoms with Crippen molar-refractivity contribution in [1.82, 2.24) is 0 Å². The summed E-state index contributed by atoms with van der Waals surface area (Å²) in [5.41, 5.74) is 0. The molecule has 0 amide bonds. The fourth-order valence-electron chi connectivity index (χ4n) is 2.05. The highest BCUT2D eigenvalue weighted by Crippen LogP contribution is 2.10. The Morgan fingerprint density at radius 2 is 1.32 bits per heavy atom. The Kier molecular flexibility index (Phi) is 14.2. The Bertz CT molecular complexity index is 244. The maximum atomic E-state index is 10.3. The Hall–Kier alpha value is -1.05. The largest absolute Gasteiger partial charge is 0.481 e. The second-order valence-electron chi connectivity index (χ2n) is 5.10. The molecule has 0 saturated heterocycles. The van der Waals surface area contributed by atoms with E-state index in [1.54, 1.807) is 0 Å². The lowest BCUT2D eigenvalue weighted by Crippen LogP contribution is -1.93. The summed E-state index contributed by atoms with van der Waals surface area (Å²) >= 11 is 0. The number of hydrogen-bond acceptors (Lipinski definition) is 1. The van der Waals surface area contributed by atoms with Gasteiger partial charge in [-0.2, -0.15) is 0 Å². The summed E-state index contributed by atoms with van der Waals surface area (Å²) < 4.78 is 0. The highest BCUT2D eigenvalue weighted by atomic mass is 16.4. The molecular formula is C17H30O2. The average Bonchev–Trinajstić information content (AvgIpc) is 2.39. The monoisotopic (exact) mass is 266 g/mol. The van der Waals surface area contributed by atoms with E-state index >= 15 is 0 Å². The molecule has 0 bridgehead atoms. The number of unbranched alkanes of at least 4 members (excludes halogenated alkanes) is 9. The molecule has 0 aromatic rings. The Balaban J connectivity index is 3.04. The smallest absolute Gasteiger partial charge is 0.303 e. The van der Waals surface area contributed by atoms with Crippen LogP contribution >= 0.6 is 0 Å². The third-order valence-corrected chi connectivity index (χ3v) is 3.22. The van der Waals surface area contributed by atoms with Crippen LogP contribution in [0.25, 0.3) is 0 Å². The topological polar surface area (TPSA) is 37.3 Å². The number of aliphatic carboxylic acids is 1. The molecule has 0 atom stereocenters. The van der Waals surface area contributed by atoms with E-state index in [0.717, 1.165) is 25.7 Å². The van der Waals surface area contributed by atoms with Crippen LogP contribution in [0, 0.1) is 0 Å². The summed E-state index contributed by atoms with van der Waals surface area (Å²) in [6.07, 6.45) is 19.8. The molecule has 110 valence electrons. The van der Waals surface area contributed by atoms with Crippen LogP contribution in [0.5, 0.6) is 0 Å². The molecule has 0 aromatic carbocycles. The van der Waals surface area contributed by atoms with E-state index in [4.69, 9.17) is 5.11 Å². The van der Waals surface area contributed by atoms with Crippen LogP contribution in [0.3, 0.4) is 0 Å². The van der Waals surface area contributed by atoms with Crippen molar-refractivity contribution in [1.29, 1.82) is 0 Å². The summed E-state index contributed by atoms with van der Waals surface area (Å²) in [6.45, 7) is 3.70. The number of rotatable bonds is 14. The van der Waals surface area contributed by atoms with Crippen LogP contribution in [0.15, 0.2) is 24.8 Å². The van der Waals surface area contributed by atoms with E-state index in [2.05, 4.69) is 18.7 Å². The second-order valence-corrected chi connectivity index (χ2v) is 5.10. The molecule has 0 heterocycles. The van der Waals surface area contributed by atoms with E-state index < -0.39 is 5.97 Å². The predicted octanol–water partition coefficient (Wildman–Crippen LogP) is 5.49. The van der Waals surface area contributed by atoms with Gasteiger partial charge in [-0.25, -0.2) is 0 Å². The molecule has 19 heavy (non-hydrogen) atoms. The van der Waals surface area contributed by atoms with Gasteiger partial charge in [0.25, 0.3) is 0 Å². The van der Waals surface area contributed by atoms with Crippen LogP contribution in [0.2, 0.25) is 0 Å². The zero-order valence-corrected chi connectivity index (χ0v) is 12.3. The van der Waals surface area contributed by atoms with Gasteiger partial charge >= 0.3 is 5.97 Å². The third kappa shape index (κ3) is 16.9. The summed E-state index contributed by atoms with van der Waals surface area (Å²) in [6, 6.07) is 0. The van der Waals surface area contributed by atoms with Crippen molar-refractivity contribution in [3.8, 4) is 0 Å². The predicted molar refractivity (Wildman–Crippen MR) is 82.4 cm³/mol. The molecule has 0 saturated carbocycles. The lowest BCUT2D eigenvalue weighted by molar-refractivity contribution is -0.137. The van der Waals surface area contributed by atoms with E-state index in [1.807, 2.05) is 6.08 Å². The molecule has 0 rings (SSSR count). The van der Waals surface area contributed by atoms with Crippen molar-refractivity contribution in [2.75, 3.05) is 0 Å². The Morgan fingerprint density at radius 1 is 0.789 bits per heavy atom. The molecule has 0 radical (unpaired) electrons. The fraction of sp³-hybridized carbons (Fsp3) is 0.706. The summed E-state index contributed by atoms with van der Waals surface area (Å²) in [5.74, 6) is -0.666. The maximum Gasteiger partial charge on any atom is 0.303 e. The first-order valence-corrected chi connectivity index (χ1v) is 7.75. The van der Waals surface area contributed by atoms with E-state index in [9.17, 15) is 4.79 Å². The lowest BCUT2D eigenvalue weighted by Gasteiger charge is -2.00. The first-order chi connectivity index (χ1) is 9.27. The summed E-state index contributed by atoms with van der Waals surface area (Å²) in [4.78, 5) is 10.3. The van der Waals surface area contributed by atoms with E-state index in [1.165, 1.54) is 44.9 Å². The zero-order valence-electron chi connectivity index (χ0n) is 12.3. The fourth-order valence-corrected chi connectivity index (χ4v) is 2.05. The lowest BCUT2D eigenvalue weighted by atomic mass is 10.1. The van der Waals surface area contributed by atoms with Crippen LogP contribution in [0.1, 0.15) is 77.0 Å². The Labute approximate surface area is 118 Å². The minimum Gasteiger partial charge on any atom is -0.481 e. The molecule has 0 aliphatic rings.